The number of nitrogens with one attached hydrogen (secondary N) is 5. The van der Waals surface area contributed by atoms with Crippen LogP contribution in [-0.2, 0) is 41.6 Å². The van der Waals surface area contributed by atoms with E-state index in [1.807, 2.05) is 0 Å². The lowest BCUT2D eigenvalue weighted by Crippen LogP contribution is -2.54. The van der Waals surface area contributed by atoms with E-state index in [0.29, 0.717) is 0 Å². The molecule has 0 radical (unpaired) electrons. The van der Waals surface area contributed by atoms with Crippen molar-refractivity contribution in [3.05, 3.63) is 71.8 Å². The van der Waals surface area contributed by atoms with Crippen molar-refractivity contribution < 1.29 is 38.6 Å². The van der Waals surface area contributed by atoms with E-state index >= 15 is 0 Å². The molecule has 0 aliphatic heterocycles. The molecular weight excluding hydrogens is 546 g/mol. The highest BCUT2D eigenvalue weighted by Gasteiger charge is 2.25. The zero-order chi connectivity index (χ0) is 31.1. The normalized spacial score (nSPS) is 12.2. The number of hydrogen-bond acceptors (Lipinski definition) is 7. The van der Waals surface area contributed by atoms with E-state index in [-0.39, 0.29) is 12.8 Å². The first-order chi connectivity index (χ1) is 19.8. The van der Waals surface area contributed by atoms with Gasteiger partial charge in [0.2, 0.25) is 23.6 Å². The molecule has 6 N–H and O–H groups in total. The second-order valence-corrected chi connectivity index (χ2v) is 10.3. The van der Waals surface area contributed by atoms with Crippen molar-refractivity contribution in [2.45, 2.75) is 51.3 Å². The molecule has 2 aromatic rings. The molecule has 0 aromatic heterocycles. The minimum atomic E-state index is -1.24. The van der Waals surface area contributed by atoms with Crippen LogP contribution in [0.2, 0.25) is 0 Å². The highest BCUT2D eigenvalue weighted by Crippen LogP contribution is 2.07. The average molecular weight is 584 g/mol. The number of carbonyl (C=O) groups excluding carboxylic acids is 5. The number of amides is 5. The Labute approximate surface area is 243 Å². The molecule has 0 saturated carbocycles. The lowest BCUT2D eigenvalue weighted by molar-refractivity contribution is -0.138. The summed E-state index contributed by atoms with van der Waals surface area (Å²) in [4.78, 5) is 73.6. The van der Waals surface area contributed by atoms with E-state index in [1.165, 1.54) is 0 Å². The van der Waals surface area contributed by atoms with Crippen LogP contribution in [0.25, 0.3) is 0 Å². The van der Waals surface area contributed by atoms with E-state index < -0.39 is 73.0 Å². The van der Waals surface area contributed by atoms with Crippen LogP contribution < -0.4 is 26.6 Å². The molecule has 0 aliphatic rings. The minimum absolute atomic E-state index is 0.0866. The molecule has 0 fully saturated rings. The quantitative estimate of drug-likeness (QED) is 0.183. The Morgan fingerprint density at radius 3 is 1.48 bits per heavy atom. The minimum Gasteiger partial charge on any atom is -0.480 e. The molecule has 0 saturated heterocycles. The number of carbonyl (C=O) groups is 6. The maximum atomic E-state index is 13.0. The Morgan fingerprint density at radius 1 is 0.667 bits per heavy atom. The summed E-state index contributed by atoms with van der Waals surface area (Å²) in [7, 11) is 0. The summed E-state index contributed by atoms with van der Waals surface area (Å²) < 4.78 is 5.10. The van der Waals surface area contributed by atoms with Gasteiger partial charge in [0.25, 0.3) is 0 Å². The van der Waals surface area contributed by atoms with Crippen molar-refractivity contribution >= 4 is 35.7 Å². The molecule has 2 rings (SSSR count). The molecule has 0 spiro atoms. The summed E-state index contributed by atoms with van der Waals surface area (Å²) in [6.45, 7) is 3.44. The van der Waals surface area contributed by atoms with Gasteiger partial charge in [0.1, 0.15) is 30.8 Å². The van der Waals surface area contributed by atoms with Crippen LogP contribution in [0.4, 0.5) is 4.79 Å². The summed E-state index contributed by atoms with van der Waals surface area (Å²) in [6.07, 6.45) is -0.611. The van der Waals surface area contributed by atoms with Crippen LogP contribution in [0.15, 0.2) is 60.7 Å². The topological polar surface area (TPSA) is 192 Å². The van der Waals surface area contributed by atoms with Gasteiger partial charge in [-0.25, -0.2) is 4.79 Å². The highest BCUT2D eigenvalue weighted by molar-refractivity contribution is 5.93. The van der Waals surface area contributed by atoms with Gasteiger partial charge in [0, 0.05) is 12.8 Å². The van der Waals surface area contributed by atoms with Crippen molar-refractivity contribution in [3.8, 4) is 0 Å². The smallest absolute Gasteiger partial charge is 0.408 e. The van der Waals surface area contributed by atoms with Gasteiger partial charge < -0.3 is 36.4 Å². The zero-order valence-electron chi connectivity index (χ0n) is 23.8. The number of carboxylic acid groups (broad SMARTS) is 1. The number of benzene rings is 2. The maximum Gasteiger partial charge on any atom is 0.408 e. The zero-order valence-corrected chi connectivity index (χ0v) is 23.8. The number of carboxylic acids is 1. The van der Waals surface area contributed by atoms with E-state index in [4.69, 9.17) is 9.84 Å². The van der Waals surface area contributed by atoms with Crippen molar-refractivity contribution in [1.29, 1.82) is 0 Å². The van der Waals surface area contributed by atoms with Crippen LogP contribution in [0, 0.1) is 0 Å². The van der Waals surface area contributed by atoms with E-state index in [1.54, 1.807) is 81.4 Å². The molecule has 42 heavy (non-hydrogen) atoms. The first kappa shape index (κ1) is 33.3. The number of rotatable bonds is 14. The lowest BCUT2D eigenvalue weighted by atomic mass is 10.0. The van der Waals surface area contributed by atoms with Gasteiger partial charge in [0.05, 0.1) is 6.54 Å². The third kappa shape index (κ3) is 13.4. The third-order valence-electron chi connectivity index (χ3n) is 5.50. The molecule has 0 aliphatic carbocycles. The first-order valence-corrected chi connectivity index (χ1v) is 13.2. The van der Waals surface area contributed by atoms with Crippen molar-refractivity contribution in [2.24, 2.45) is 0 Å². The van der Waals surface area contributed by atoms with E-state index in [2.05, 4.69) is 26.6 Å². The molecular formula is C29H37N5O8. The standard InChI is InChI=1S/C29H37N5O8/c1-29(2,3)42-28(41)32-17-24(36)34-21(14-19-10-6-4-7-11-19)26(39)30-16-23(35)33-22(27(40)31-18-25(37)38)15-20-12-8-5-9-13-20/h4-13,21-22H,14-18H2,1-3H3,(H,30,39)(H,31,40)(H,32,41)(H,33,35)(H,34,36)(H,37,38)/t21-,22-/m0/s1. The molecule has 5 amide bonds. The summed E-state index contributed by atoms with van der Waals surface area (Å²) in [6, 6.07) is 15.5. The third-order valence-corrected chi connectivity index (χ3v) is 5.50. The Morgan fingerprint density at radius 2 is 1.07 bits per heavy atom. The molecule has 13 nitrogen and oxygen atoms in total. The van der Waals surface area contributed by atoms with Crippen LogP contribution >= 0.6 is 0 Å². The lowest BCUT2D eigenvalue weighted by Gasteiger charge is -2.21. The van der Waals surface area contributed by atoms with Crippen LogP contribution in [-0.4, -0.2) is 78.1 Å². The molecule has 0 heterocycles. The molecule has 13 heteroatoms. The predicted molar refractivity (Wildman–Crippen MR) is 152 cm³/mol. The second-order valence-electron chi connectivity index (χ2n) is 10.3. The fourth-order valence-corrected chi connectivity index (χ4v) is 3.65. The fraction of sp³-hybridized carbons (Fsp3) is 0.379. The van der Waals surface area contributed by atoms with Gasteiger partial charge in [-0.1, -0.05) is 60.7 Å². The fourth-order valence-electron chi connectivity index (χ4n) is 3.65. The highest BCUT2D eigenvalue weighted by atomic mass is 16.6. The number of alkyl carbamates (subject to hydrolysis) is 1. The Hall–Kier alpha value is -4.94. The maximum absolute atomic E-state index is 13.0. The molecule has 0 bridgehead atoms. The molecule has 2 atom stereocenters. The Balaban J connectivity index is 2.02. The summed E-state index contributed by atoms with van der Waals surface area (Å²) >= 11 is 0. The summed E-state index contributed by atoms with van der Waals surface area (Å²) in [5, 5.41) is 21.0. The number of hydrogen-bond donors (Lipinski definition) is 6. The van der Waals surface area contributed by atoms with Gasteiger partial charge in [0.15, 0.2) is 0 Å². The van der Waals surface area contributed by atoms with Crippen LogP contribution in [0.1, 0.15) is 31.9 Å². The second kappa shape index (κ2) is 16.4. The van der Waals surface area contributed by atoms with Gasteiger partial charge >= 0.3 is 12.1 Å². The van der Waals surface area contributed by atoms with Crippen molar-refractivity contribution in [1.82, 2.24) is 26.6 Å². The Bertz CT molecular complexity index is 1230. The summed E-state index contributed by atoms with van der Waals surface area (Å²) in [5.41, 5.74) is 0.705. The largest absolute Gasteiger partial charge is 0.480 e. The van der Waals surface area contributed by atoms with Gasteiger partial charge in [-0.05, 0) is 31.9 Å². The van der Waals surface area contributed by atoms with Crippen LogP contribution in [0.3, 0.4) is 0 Å². The van der Waals surface area contributed by atoms with Crippen LogP contribution in [0.5, 0.6) is 0 Å². The van der Waals surface area contributed by atoms with Gasteiger partial charge in [-0.2, -0.15) is 0 Å². The SMILES string of the molecule is CC(C)(C)OC(=O)NCC(=O)N[C@@H](Cc1ccccc1)C(=O)NCC(=O)N[C@@H](Cc1ccccc1)C(=O)NCC(=O)O. The average Bonchev–Trinajstić information content (AvgIpc) is 2.93. The van der Waals surface area contributed by atoms with Crippen molar-refractivity contribution in [3.63, 3.8) is 0 Å². The van der Waals surface area contributed by atoms with E-state index in [9.17, 15) is 28.8 Å². The number of ether oxygens (including phenoxy) is 1. The monoisotopic (exact) mass is 583 g/mol. The number of aliphatic carboxylic acids is 1. The molecule has 0 unspecified atom stereocenters. The van der Waals surface area contributed by atoms with Crippen molar-refractivity contribution in [2.75, 3.05) is 19.6 Å². The Kier molecular flexibility index (Phi) is 13.0. The van der Waals surface area contributed by atoms with Gasteiger partial charge in [-0.3, -0.25) is 24.0 Å². The molecule has 2 aromatic carbocycles. The first-order valence-electron chi connectivity index (χ1n) is 13.2. The molecule has 226 valence electrons. The summed E-state index contributed by atoms with van der Waals surface area (Å²) in [5.74, 6) is -3.97. The predicted octanol–water partition coefficient (Wildman–Crippen LogP) is 0.283. The van der Waals surface area contributed by atoms with Gasteiger partial charge in [-0.15, -0.1) is 0 Å². The van der Waals surface area contributed by atoms with E-state index in [0.717, 1.165) is 11.1 Å².